The fourth-order valence-corrected chi connectivity index (χ4v) is 12.0. The molecule has 0 unspecified atom stereocenters. The Balaban J connectivity index is 0.000000670. The molecular formula is C76H114ClNaO12Si3. The monoisotopic (exact) mass is 1360 g/mol. The van der Waals surface area contributed by atoms with E-state index in [9.17, 15) is 20.4 Å². The van der Waals surface area contributed by atoms with Crippen LogP contribution in [0.25, 0.3) is 0 Å². The molecule has 0 aliphatic carbocycles. The van der Waals surface area contributed by atoms with Crippen LogP contribution in [0.15, 0.2) is 170 Å². The fourth-order valence-electron chi connectivity index (χ4n) is 8.87. The van der Waals surface area contributed by atoms with Gasteiger partial charge in [0, 0.05) is 16.2 Å². The summed E-state index contributed by atoms with van der Waals surface area (Å²) in [5.41, 5.74) is 8.22. The number of hydrogen-bond acceptors (Lipinski definition) is 12. The second-order valence-electron chi connectivity index (χ2n) is 30.3. The molecule has 0 atom stereocenters. The van der Waals surface area contributed by atoms with Crippen molar-refractivity contribution in [2.45, 2.75) is 201 Å². The summed E-state index contributed by atoms with van der Waals surface area (Å²) in [7, 11) is -4.91. The van der Waals surface area contributed by atoms with Crippen molar-refractivity contribution in [2.75, 3.05) is 33.0 Å². The molecule has 1 aliphatic rings. The van der Waals surface area contributed by atoms with Crippen molar-refractivity contribution in [3.8, 4) is 34.5 Å². The first-order chi connectivity index (χ1) is 41.5. The summed E-state index contributed by atoms with van der Waals surface area (Å²) in [5, 5.41) is 38.1. The van der Waals surface area contributed by atoms with Crippen molar-refractivity contribution in [1.29, 1.82) is 0 Å². The molecule has 1 aliphatic heterocycles. The second kappa shape index (κ2) is 35.5. The molecule has 0 spiro atoms. The van der Waals surface area contributed by atoms with Gasteiger partial charge in [-0.25, -0.2) is 0 Å². The fraction of sp³-hybridized carbons (Fsp3) is 0.474. The van der Waals surface area contributed by atoms with Crippen LogP contribution in [-0.2, 0) is 29.8 Å². The Morgan fingerprint density at radius 1 is 0.419 bits per heavy atom. The number of hydrogen-bond donors (Lipinski definition) is 4. The number of phenols is 2. The third kappa shape index (κ3) is 33.2. The Bertz CT molecular complexity index is 2930. The van der Waals surface area contributed by atoms with E-state index < -0.39 is 35.2 Å². The standard InChI is InChI=1S/C31H48O4Si2.C23H32O4.C15H16O2.C4H8O.C3H9ClSi.Na.H2O/c1-13-36(9,10)34-29(3,4)23-32-27-19-15-25(16-20-27)31(7,8)26-17-21-28(22-18-26)33-24-30(5,6)35-37(11,12)14-2;1-21(2,24)15-26-19-11-7-17(8-12-19)23(5,6)18-9-13-20(14-10-18)27-16-22(3,4)25;1-15(2,11-3-7-13(16)8-4-11)12-5-9-14(17)10-6-12;1-4(2)3-5-4;1-5(2,3)4;;/h13-22H,1-2,23-24H2,3-12H3;7-14,24-25H,15-16H2,1-6H3;3-10,16-17H,1-2H3;3H2,1-2H3;1-3H3;;1H2/q;;;;;+1;/p-1. The summed E-state index contributed by atoms with van der Waals surface area (Å²) in [6, 6.07) is 47.1. The van der Waals surface area contributed by atoms with Gasteiger partial charge in [-0.2, -0.15) is 11.1 Å². The van der Waals surface area contributed by atoms with Crippen LogP contribution in [0.1, 0.15) is 144 Å². The summed E-state index contributed by atoms with van der Waals surface area (Å²) in [6.45, 7) is 57.4. The van der Waals surface area contributed by atoms with Gasteiger partial charge in [-0.3, -0.25) is 0 Å². The second-order valence-corrected chi connectivity index (χ2v) is 45.5. The van der Waals surface area contributed by atoms with Crippen LogP contribution in [-0.4, -0.2) is 111 Å². The Morgan fingerprint density at radius 2 is 0.591 bits per heavy atom. The van der Waals surface area contributed by atoms with E-state index in [1.165, 1.54) is 22.3 Å². The van der Waals surface area contributed by atoms with Gasteiger partial charge in [-0.1, -0.05) is 145 Å². The van der Waals surface area contributed by atoms with Gasteiger partial charge >= 0.3 is 29.6 Å². The van der Waals surface area contributed by atoms with E-state index in [0.717, 1.165) is 40.7 Å². The number of aliphatic hydroxyl groups is 2. The van der Waals surface area contributed by atoms with Gasteiger partial charge in [0.2, 0.25) is 16.6 Å². The molecule has 510 valence electrons. The van der Waals surface area contributed by atoms with Gasteiger partial charge in [0.1, 0.15) is 68.3 Å². The van der Waals surface area contributed by atoms with Crippen molar-refractivity contribution < 1.29 is 88.0 Å². The zero-order valence-corrected chi connectivity index (χ0v) is 66.7. The van der Waals surface area contributed by atoms with Gasteiger partial charge in [0.15, 0.2) is 0 Å². The Morgan fingerprint density at radius 3 is 0.753 bits per heavy atom. The summed E-state index contributed by atoms with van der Waals surface area (Å²) >= 11 is 5.67. The predicted molar refractivity (Wildman–Crippen MR) is 390 cm³/mol. The van der Waals surface area contributed by atoms with E-state index in [0.29, 0.717) is 13.2 Å². The summed E-state index contributed by atoms with van der Waals surface area (Å²) in [4.78, 5) is 0. The largest absolute Gasteiger partial charge is 1.00 e. The maximum atomic E-state index is 9.77. The van der Waals surface area contributed by atoms with E-state index in [4.69, 9.17) is 43.6 Å². The van der Waals surface area contributed by atoms with Crippen LogP contribution in [0, 0.1) is 0 Å². The summed E-state index contributed by atoms with van der Waals surface area (Å²) in [5.74, 6) is 3.71. The molecule has 5 N–H and O–H groups in total. The topological polar surface area (TPSA) is 179 Å². The van der Waals surface area contributed by atoms with Crippen LogP contribution >= 0.6 is 11.1 Å². The molecule has 7 rings (SSSR count). The number of rotatable bonds is 24. The van der Waals surface area contributed by atoms with Crippen LogP contribution < -0.4 is 48.5 Å². The van der Waals surface area contributed by atoms with Crippen LogP contribution in [0.3, 0.4) is 0 Å². The van der Waals surface area contributed by atoms with E-state index in [1.54, 1.807) is 52.0 Å². The molecule has 6 aromatic rings. The third-order valence-electron chi connectivity index (χ3n) is 14.6. The van der Waals surface area contributed by atoms with Gasteiger partial charge in [-0.05, 0) is 202 Å². The van der Waals surface area contributed by atoms with Gasteiger partial charge in [0.25, 0.3) is 0 Å². The molecule has 0 radical (unpaired) electrons. The molecule has 17 heteroatoms. The van der Waals surface area contributed by atoms with Crippen LogP contribution in [0.4, 0.5) is 0 Å². The van der Waals surface area contributed by atoms with E-state index in [2.05, 4.69) is 191 Å². The molecule has 6 aromatic carbocycles. The number of halogens is 1. The Kier molecular flexibility index (Phi) is 33.0. The molecule has 1 fully saturated rings. The molecule has 0 aromatic heterocycles. The van der Waals surface area contributed by atoms with Crippen molar-refractivity contribution in [1.82, 2.24) is 0 Å². The quantitative estimate of drug-likeness (QED) is 0.0256. The van der Waals surface area contributed by atoms with Crippen molar-refractivity contribution >= 4 is 35.1 Å². The Labute approximate surface area is 590 Å². The molecule has 12 nitrogen and oxygen atoms in total. The first-order valence-electron chi connectivity index (χ1n) is 31.5. The van der Waals surface area contributed by atoms with Crippen LogP contribution in [0.2, 0.25) is 45.8 Å². The number of epoxide rings is 1. The maximum absolute atomic E-state index is 9.77. The first-order valence-corrected chi connectivity index (χ1v) is 41.9. The SMILES string of the molecule is C=C[Si](C)(C)OC(C)(C)COc1ccc(C(C)(C)c2ccc(OCC(C)(C)O[Si](C)(C)C=C)cc2)cc1.CC(C)(O)COc1ccc(C(C)(C)c2ccc(OCC(C)(C)O)cc2)cc1.CC(C)(c1ccc(O)cc1)c1ccc(O)cc1.CC1(C)CO1.C[Si](C)(C)Cl.[Na+].[OH-]. The van der Waals surface area contributed by atoms with Crippen molar-refractivity contribution in [2.24, 2.45) is 0 Å². The normalized spacial score (nSPS) is 13.3. The van der Waals surface area contributed by atoms with Gasteiger partial charge in [0.05, 0.1) is 34.6 Å². The number of benzene rings is 6. The summed E-state index contributed by atoms with van der Waals surface area (Å²) in [6.07, 6.45) is 0. The predicted octanol–water partition coefficient (Wildman–Crippen LogP) is 15.6. The maximum Gasteiger partial charge on any atom is 1.00 e. The minimum absolute atomic E-state index is 0. The average molecular weight is 1360 g/mol. The molecule has 0 bridgehead atoms. The smallest absolute Gasteiger partial charge is 0.870 e. The average Bonchev–Trinajstić information content (AvgIpc) is 1.37. The van der Waals surface area contributed by atoms with Crippen molar-refractivity contribution in [3.63, 3.8) is 0 Å². The van der Waals surface area contributed by atoms with E-state index in [-0.39, 0.29) is 92.8 Å². The molecular weight excluding hydrogens is 1250 g/mol. The zero-order valence-electron chi connectivity index (χ0n) is 60.9. The number of aromatic hydroxyl groups is 2. The molecule has 93 heavy (non-hydrogen) atoms. The van der Waals surface area contributed by atoms with Gasteiger partial charge < -0.3 is 58.4 Å². The Hall–Kier alpha value is -4.70. The molecule has 0 amide bonds. The van der Waals surface area contributed by atoms with E-state index >= 15 is 0 Å². The number of phenolic OH excluding ortho intramolecular Hbond substituents is 2. The molecule has 0 saturated carbocycles. The van der Waals surface area contributed by atoms with Gasteiger partial charge in [-0.15, -0.1) is 13.2 Å². The van der Waals surface area contributed by atoms with Crippen LogP contribution in [0.5, 0.6) is 34.5 Å². The third-order valence-corrected chi connectivity index (χ3v) is 18.7. The zero-order chi connectivity index (χ0) is 69.3. The minimum atomic E-state index is -1.89. The van der Waals surface area contributed by atoms with Crippen molar-refractivity contribution in [3.05, 3.63) is 204 Å². The molecule has 1 saturated heterocycles. The number of ether oxygens (including phenoxy) is 5. The van der Waals surface area contributed by atoms with E-state index in [1.807, 2.05) is 84.2 Å². The minimum Gasteiger partial charge on any atom is -0.870 e. The molecule has 1 heterocycles. The first kappa shape index (κ1) is 86.3. The summed E-state index contributed by atoms with van der Waals surface area (Å²) < 4.78 is 40.9.